The number of hydrogen-bond donors (Lipinski definition) is 1. The number of benzene rings is 1. The van der Waals surface area contributed by atoms with E-state index in [9.17, 15) is 9.18 Å². The second-order valence-electron chi connectivity index (χ2n) is 5.86. The Morgan fingerprint density at radius 1 is 1.41 bits per heavy atom. The zero-order valence-corrected chi connectivity index (χ0v) is 12.8. The van der Waals surface area contributed by atoms with Crippen LogP contribution in [0.5, 0.6) is 0 Å². The summed E-state index contributed by atoms with van der Waals surface area (Å²) in [4.78, 5) is 17.3. The molecule has 1 aromatic heterocycles. The third kappa shape index (κ3) is 3.05. The van der Waals surface area contributed by atoms with Crippen molar-refractivity contribution in [1.29, 1.82) is 0 Å². The van der Waals surface area contributed by atoms with Gasteiger partial charge in [0.25, 0.3) is 5.56 Å². The molecule has 3 rings (SSSR count). The summed E-state index contributed by atoms with van der Waals surface area (Å²) in [6.45, 7) is 2.65. The first-order valence-corrected chi connectivity index (χ1v) is 7.72. The Labute approximate surface area is 128 Å². The van der Waals surface area contributed by atoms with Gasteiger partial charge in [-0.1, -0.05) is 6.07 Å². The van der Waals surface area contributed by atoms with Crippen LogP contribution < -0.4 is 5.56 Å². The molecular weight excluding hydrogens is 283 g/mol. The summed E-state index contributed by atoms with van der Waals surface area (Å²) in [7, 11) is 1.72. The van der Waals surface area contributed by atoms with E-state index in [1.807, 2.05) is 0 Å². The molecule has 1 atom stereocenters. The smallest absolute Gasteiger partial charge is 0.256 e. The van der Waals surface area contributed by atoms with E-state index in [1.165, 1.54) is 12.5 Å². The van der Waals surface area contributed by atoms with Gasteiger partial charge in [-0.05, 0) is 37.6 Å². The van der Waals surface area contributed by atoms with Crippen LogP contribution >= 0.6 is 0 Å². The number of fused-ring (bicyclic) bond motifs is 1. The molecule has 1 aromatic carbocycles. The highest BCUT2D eigenvalue weighted by Crippen LogP contribution is 2.19. The summed E-state index contributed by atoms with van der Waals surface area (Å²) < 4.78 is 19.1. The number of hydrogen-bond acceptors (Lipinski definition) is 3. The fourth-order valence-electron chi connectivity index (χ4n) is 3.27. The number of nitrogens with zero attached hydrogens (tertiary/aromatic N) is 1. The van der Waals surface area contributed by atoms with Crippen LogP contribution in [0, 0.1) is 5.82 Å². The zero-order chi connectivity index (χ0) is 15.5. The van der Waals surface area contributed by atoms with Crippen LogP contribution in [0.2, 0.25) is 0 Å². The summed E-state index contributed by atoms with van der Waals surface area (Å²) in [5.74, 6) is -0.344. The minimum absolute atomic E-state index is 0.220. The van der Waals surface area contributed by atoms with E-state index >= 15 is 0 Å². The lowest BCUT2D eigenvalue weighted by Gasteiger charge is -2.23. The Bertz CT molecular complexity index is 713. The number of halogens is 1. The third-order valence-corrected chi connectivity index (χ3v) is 4.42. The van der Waals surface area contributed by atoms with Crippen molar-refractivity contribution in [2.24, 2.45) is 0 Å². The van der Waals surface area contributed by atoms with Crippen molar-refractivity contribution in [3.05, 3.63) is 46.1 Å². The summed E-state index contributed by atoms with van der Waals surface area (Å²) in [5, 5.41) is 0.804. The van der Waals surface area contributed by atoms with Gasteiger partial charge in [0.05, 0.1) is 6.61 Å². The number of rotatable bonds is 5. The maximum atomic E-state index is 13.9. The molecule has 0 radical (unpaired) electrons. The molecule has 1 unspecified atom stereocenters. The van der Waals surface area contributed by atoms with Crippen molar-refractivity contribution in [2.45, 2.75) is 25.3 Å². The number of aromatic nitrogens is 1. The quantitative estimate of drug-likeness (QED) is 0.922. The van der Waals surface area contributed by atoms with Gasteiger partial charge < -0.3 is 9.72 Å². The Kier molecular flexibility index (Phi) is 4.55. The SMILES string of the molecule is COCC1CCCN1CCc1cc2c(F)cccc2c(=O)[nH]1. The Morgan fingerprint density at radius 3 is 3.09 bits per heavy atom. The first-order chi connectivity index (χ1) is 10.7. The van der Waals surface area contributed by atoms with Gasteiger partial charge in [-0.3, -0.25) is 9.69 Å². The van der Waals surface area contributed by atoms with Crippen molar-refractivity contribution < 1.29 is 9.13 Å². The van der Waals surface area contributed by atoms with Gasteiger partial charge in [-0.15, -0.1) is 0 Å². The van der Waals surface area contributed by atoms with Crippen LogP contribution in [0.15, 0.2) is 29.1 Å². The molecule has 0 saturated carbocycles. The minimum atomic E-state index is -0.344. The van der Waals surface area contributed by atoms with Crippen LogP contribution in [0.25, 0.3) is 10.8 Å². The summed E-state index contributed by atoms with van der Waals surface area (Å²) in [6, 6.07) is 6.81. The maximum Gasteiger partial charge on any atom is 0.256 e. The Morgan fingerprint density at radius 2 is 2.27 bits per heavy atom. The molecule has 1 saturated heterocycles. The van der Waals surface area contributed by atoms with E-state index in [1.54, 1.807) is 25.3 Å². The maximum absolute atomic E-state index is 13.9. The van der Waals surface area contributed by atoms with Crippen molar-refractivity contribution in [3.8, 4) is 0 Å². The van der Waals surface area contributed by atoms with E-state index < -0.39 is 0 Å². The van der Waals surface area contributed by atoms with Crippen LogP contribution in [0.4, 0.5) is 4.39 Å². The largest absolute Gasteiger partial charge is 0.383 e. The molecule has 1 aliphatic rings. The third-order valence-electron chi connectivity index (χ3n) is 4.42. The molecule has 4 nitrogen and oxygen atoms in total. The monoisotopic (exact) mass is 304 g/mol. The number of aromatic amines is 1. The second-order valence-corrected chi connectivity index (χ2v) is 5.86. The molecule has 1 aliphatic heterocycles. The molecule has 1 fully saturated rings. The lowest BCUT2D eigenvalue weighted by molar-refractivity contribution is 0.116. The molecule has 0 aliphatic carbocycles. The molecular formula is C17H21FN2O2. The molecule has 2 heterocycles. The number of methoxy groups -OCH3 is 1. The zero-order valence-electron chi connectivity index (χ0n) is 12.8. The predicted molar refractivity (Wildman–Crippen MR) is 84.7 cm³/mol. The van der Waals surface area contributed by atoms with E-state index in [-0.39, 0.29) is 11.4 Å². The fourth-order valence-corrected chi connectivity index (χ4v) is 3.27. The van der Waals surface area contributed by atoms with Crippen molar-refractivity contribution in [3.63, 3.8) is 0 Å². The molecule has 5 heteroatoms. The molecule has 1 N–H and O–H groups in total. The van der Waals surface area contributed by atoms with Crippen molar-refractivity contribution in [1.82, 2.24) is 9.88 Å². The summed E-state index contributed by atoms with van der Waals surface area (Å²) in [5.41, 5.74) is 0.563. The highest BCUT2D eigenvalue weighted by Gasteiger charge is 2.23. The Hall–Kier alpha value is -1.72. The van der Waals surface area contributed by atoms with Gasteiger partial charge in [0.2, 0.25) is 0 Å². The fraction of sp³-hybridized carbons (Fsp3) is 0.471. The summed E-state index contributed by atoms with van der Waals surface area (Å²) >= 11 is 0. The highest BCUT2D eigenvalue weighted by atomic mass is 19.1. The number of H-pyrrole nitrogens is 1. The lowest BCUT2D eigenvalue weighted by atomic mass is 10.1. The van der Waals surface area contributed by atoms with Gasteiger partial charge in [0.1, 0.15) is 5.82 Å². The standard InChI is InChI=1S/C17H21FN2O2/c1-22-11-13-4-3-8-20(13)9-7-12-10-15-14(17(21)19-12)5-2-6-16(15)18/h2,5-6,10,13H,3-4,7-9,11H2,1H3,(H,19,21). The molecule has 0 amide bonds. The normalized spacial score (nSPS) is 19.1. The summed E-state index contributed by atoms with van der Waals surface area (Å²) in [6.07, 6.45) is 3.04. The number of likely N-dealkylation sites (tertiary alicyclic amines) is 1. The highest BCUT2D eigenvalue weighted by molar-refractivity contribution is 5.82. The first-order valence-electron chi connectivity index (χ1n) is 7.72. The van der Waals surface area contributed by atoms with Crippen LogP contribution in [-0.4, -0.2) is 42.7 Å². The average Bonchev–Trinajstić information content (AvgIpc) is 2.94. The van der Waals surface area contributed by atoms with Crippen LogP contribution in [-0.2, 0) is 11.2 Å². The van der Waals surface area contributed by atoms with Crippen LogP contribution in [0.1, 0.15) is 18.5 Å². The van der Waals surface area contributed by atoms with Gasteiger partial charge in [-0.2, -0.15) is 0 Å². The predicted octanol–water partition coefficient (Wildman–Crippen LogP) is 2.32. The van der Waals surface area contributed by atoms with Gasteiger partial charge in [0, 0.05) is 42.6 Å². The molecule has 0 bridgehead atoms. The van der Waals surface area contributed by atoms with Gasteiger partial charge in [0.15, 0.2) is 0 Å². The van der Waals surface area contributed by atoms with E-state index in [0.717, 1.165) is 31.8 Å². The van der Waals surface area contributed by atoms with E-state index in [4.69, 9.17) is 4.74 Å². The topological polar surface area (TPSA) is 45.3 Å². The number of ether oxygens (including phenoxy) is 1. The van der Waals surface area contributed by atoms with Gasteiger partial charge >= 0.3 is 0 Å². The van der Waals surface area contributed by atoms with Gasteiger partial charge in [-0.25, -0.2) is 4.39 Å². The molecule has 0 spiro atoms. The molecule has 118 valence electrons. The Balaban J connectivity index is 1.77. The number of pyridine rings is 1. The van der Waals surface area contributed by atoms with Crippen LogP contribution in [0.3, 0.4) is 0 Å². The second kappa shape index (κ2) is 6.58. The number of nitrogens with one attached hydrogen (secondary N) is 1. The average molecular weight is 304 g/mol. The van der Waals surface area contributed by atoms with E-state index in [0.29, 0.717) is 23.2 Å². The van der Waals surface area contributed by atoms with Crippen molar-refractivity contribution >= 4 is 10.8 Å². The minimum Gasteiger partial charge on any atom is -0.383 e. The molecule has 22 heavy (non-hydrogen) atoms. The lowest BCUT2D eigenvalue weighted by Crippen LogP contribution is -2.34. The van der Waals surface area contributed by atoms with E-state index in [2.05, 4.69) is 9.88 Å². The molecule has 2 aromatic rings. The first kappa shape index (κ1) is 15.2. The van der Waals surface area contributed by atoms with Crippen molar-refractivity contribution in [2.75, 3.05) is 26.8 Å².